The van der Waals surface area contributed by atoms with Crippen molar-refractivity contribution < 1.29 is 13.2 Å². The Bertz CT molecular complexity index is 426. The lowest BCUT2D eigenvalue weighted by molar-refractivity contribution is 0.00672. The topological polar surface area (TPSA) is 49.9 Å². The molecule has 124 valence electrons. The van der Waals surface area contributed by atoms with Crippen molar-refractivity contribution in [3.63, 3.8) is 0 Å². The van der Waals surface area contributed by atoms with Crippen molar-refractivity contribution >= 4 is 10.2 Å². The molecule has 1 saturated carbocycles. The van der Waals surface area contributed by atoms with Crippen molar-refractivity contribution in [1.82, 2.24) is 8.61 Å². The maximum Gasteiger partial charge on any atom is 0.281 e. The Balaban J connectivity index is 1.85. The van der Waals surface area contributed by atoms with Gasteiger partial charge in [0, 0.05) is 32.8 Å². The molecule has 5 nitrogen and oxygen atoms in total. The lowest BCUT2D eigenvalue weighted by atomic mass is 10.1. The zero-order chi connectivity index (χ0) is 15.6. The Morgan fingerprint density at radius 2 is 1.71 bits per heavy atom. The highest BCUT2D eigenvalue weighted by Crippen LogP contribution is 2.36. The van der Waals surface area contributed by atoms with E-state index in [-0.39, 0.29) is 12.1 Å². The minimum absolute atomic E-state index is 0.116. The standard InChI is InChI=1S/C15H30N2O3S/c1-12(2)11-20-15-7-9-17(10-8-15)21(18,19)16(4)13(3)14-5-6-14/h12-15H,5-11H2,1-4H3/t13-/m1/s1. The van der Waals surface area contributed by atoms with Crippen LogP contribution in [0.1, 0.15) is 46.5 Å². The molecule has 0 bridgehead atoms. The van der Waals surface area contributed by atoms with E-state index in [1.807, 2.05) is 6.92 Å². The van der Waals surface area contributed by atoms with Crippen LogP contribution in [-0.4, -0.2) is 55.9 Å². The average Bonchev–Trinajstić information content (AvgIpc) is 3.28. The Labute approximate surface area is 129 Å². The minimum atomic E-state index is -3.31. The number of piperidine rings is 1. The van der Waals surface area contributed by atoms with Crippen LogP contribution in [0.2, 0.25) is 0 Å². The molecule has 21 heavy (non-hydrogen) atoms. The van der Waals surface area contributed by atoms with Crippen molar-refractivity contribution in [3.05, 3.63) is 0 Å². The molecule has 6 heteroatoms. The van der Waals surface area contributed by atoms with E-state index in [1.54, 1.807) is 15.7 Å². The Hall–Kier alpha value is -0.170. The number of ether oxygens (including phenoxy) is 1. The van der Waals surface area contributed by atoms with E-state index in [0.29, 0.717) is 24.9 Å². The molecule has 1 heterocycles. The van der Waals surface area contributed by atoms with Gasteiger partial charge >= 0.3 is 0 Å². The second-order valence-electron chi connectivity index (χ2n) is 6.93. The van der Waals surface area contributed by atoms with Gasteiger partial charge in [-0.2, -0.15) is 17.0 Å². The molecular weight excluding hydrogens is 288 g/mol. The summed E-state index contributed by atoms with van der Waals surface area (Å²) >= 11 is 0. The largest absolute Gasteiger partial charge is 0.378 e. The number of hydrogen-bond donors (Lipinski definition) is 0. The van der Waals surface area contributed by atoms with Crippen LogP contribution in [0.25, 0.3) is 0 Å². The van der Waals surface area contributed by atoms with Crippen LogP contribution >= 0.6 is 0 Å². The van der Waals surface area contributed by atoms with Crippen LogP contribution in [0, 0.1) is 11.8 Å². The fourth-order valence-electron chi connectivity index (χ4n) is 2.83. The first-order valence-corrected chi connectivity index (χ1v) is 9.56. The van der Waals surface area contributed by atoms with Crippen LogP contribution in [0.5, 0.6) is 0 Å². The molecule has 1 saturated heterocycles. The highest BCUT2D eigenvalue weighted by atomic mass is 32.2. The summed E-state index contributed by atoms with van der Waals surface area (Å²) in [4.78, 5) is 0. The predicted molar refractivity (Wildman–Crippen MR) is 84.3 cm³/mol. The van der Waals surface area contributed by atoms with E-state index < -0.39 is 10.2 Å². The van der Waals surface area contributed by atoms with Gasteiger partial charge in [0.1, 0.15) is 0 Å². The molecule has 1 aliphatic heterocycles. The quantitative estimate of drug-likeness (QED) is 0.722. The second-order valence-corrected chi connectivity index (χ2v) is 8.92. The van der Waals surface area contributed by atoms with E-state index in [1.165, 1.54) is 0 Å². The summed E-state index contributed by atoms with van der Waals surface area (Å²) in [7, 11) is -1.59. The van der Waals surface area contributed by atoms with Gasteiger partial charge in [0.05, 0.1) is 6.10 Å². The molecule has 0 N–H and O–H groups in total. The Morgan fingerprint density at radius 3 is 2.19 bits per heavy atom. The third kappa shape index (κ3) is 4.41. The van der Waals surface area contributed by atoms with Crippen molar-refractivity contribution in [1.29, 1.82) is 0 Å². The summed E-state index contributed by atoms with van der Waals surface area (Å²) < 4.78 is 34.3. The maximum atomic E-state index is 12.6. The first-order valence-electron chi connectivity index (χ1n) is 8.17. The first-order chi connectivity index (χ1) is 9.82. The van der Waals surface area contributed by atoms with E-state index in [2.05, 4.69) is 13.8 Å². The van der Waals surface area contributed by atoms with Gasteiger partial charge in [-0.3, -0.25) is 0 Å². The van der Waals surface area contributed by atoms with Gasteiger partial charge < -0.3 is 4.74 Å². The van der Waals surface area contributed by atoms with Gasteiger partial charge in [-0.25, -0.2) is 0 Å². The number of hydrogen-bond acceptors (Lipinski definition) is 3. The summed E-state index contributed by atoms with van der Waals surface area (Å²) in [6.45, 7) is 8.20. The van der Waals surface area contributed by atoms with Crippen LogP contribution in [-0.2, 0) is 14.9 Å². The van der Waals surface area contributed by atoms with E-state index in [9.17, 15) is 8.42 Å². The summed E-state index contributed by atoms with van der Waals surface area (Å²) in [5.74, 6) is 1.08. The average molecular weight is 318 g/mol. The highest BCUT2D eigenvalue weighted by molar-refractivity contribution is 7.86. The van der Waals surface area contributed by atoms with Crippen molar-refractivity contribution in [2.45, 2.75) is 58.6 Å². The molecule has 1 aliphatic carbocycles. The normalized spacial score (nSPS) is 23.9. The van der Waals surface area contributed by atoms with Gasteiger partial charge in [-0.05, 0) is 44.4 Å². The fourth-order valence-corrected chi connectivity index (χ4v) is 4.45. The molecule has 0 unspecified atom stereocenters. The van der Waals surface area contributed by atoms with Gasteiger partial charge in [0.2, 0.25) is 0 Å². The van der Waals surface area contributed by atoms with Gasteiger partial charge in [-0.15, -0.1) is 0 Å². The third-order valence-corrected chi connectivity index (χ3v) is 6.71. The second kappa shape index (κ2) is 6.94. The van der Waals surface area contributed by atoms with Crippen LogP contribution in [0.15, 0.2) is 0 Å². The molecule has 0 amide bonds. The molecule has 2 fully saturated rings. The van der Waals surface area contributed by atoms with Crippen molar-refractivity contribution in [2.75, 3.05) is 26.7 Å². The lowest BCUT2D eigenvalue weighted by Gasteiger charge is -2.35. The van der Waals surface area contributed by atoms with Crippen LogP contribution < -0.4 is 0 Å². The summed E-state index contributed by atoms with van der Waals surface area (Å²) in [5, 5.41) is 0. The van der Waals surface area contributed by atoms with Crippen molar-refractivity contribution in [3.8, 4) is 0 Å². The molecule has 1 atom stereocenters. The monoisotopic (exact) mass is 318 g/mol. The molecular formula is C15H30N2O3S. The molecule has 0 spiro atoms. The van der Waals surface area contributed by atoms with Gasteiger partial charge in [-0.1, -0.05) is 13.8 Å². The molecule has 2 aliphatic rings. The van der Waals surface area contributed by atoms with Gasteiger partial charge in [0.15, 0.2) is 0 Å². The molecule has 0 aromatic rings. The SMILES string of the molecule is CC(C)COC1CCN(S(=O)(=O)N(C)[C@H](C)C2CC2)CC1. The van der Waals surface area contributed by atoms with E-state index in [0.717, 1.165) is 32.3 Å². The summed E-state index contributed by atoms with van der Waals surface area (Å²) in [6.07, 6.45) is 4.14. The molecule has 2 rings (SSSR count). The summed E-state index contributed by atoms with van der Waals surface area (Å²) in [6, 6.07) is 0.116. The maximum absolute atomic E-state index is 12.6. The van der Waals surface area contributed by atoms with E-state index >= 15 is 0 Å². The van der Waals surface area contributed by atoms with Crippen LogP contribution in [0.4, 0.5) is 0 Å². The lowest BCUT2D eigenvalue weighted by Crippen LogP contribution is -2.49. The van der Waals surface area contributed by atoms with Crippen molar-refractivity contribution in [2.24, 2.45) is 11.8 Å². The Morgan fingerprint density at radius 1 is 1.14 bits per heavy atom. The zero-order valence-corrected chi connectivity index (χ0v) is 14.6. The number of nitrogens with zero attached hydrogens (tertiary/aromatic N) is 2. The fraction of sp³-hybridized carbons (Fsp3) is 1.00. The summed E-state index contributed by atoms with van der Waals surface area (Å²) in [5.41, 5.74) is 0. The van der Waals surface area contributed by atoms with Gasteiger partial charge in [0.25, 0.3) is 10.2 Å². The molecule has 0 radical (unpaired) electrons. The molecule has 0 aromatic heterocycles. The third-order valence-electron chi connectivity index (χ3n) is 4.63. The smallest absolute Gasteiger partial charge is 0.281 e. The van der Waals surface area contributed by atoms with E-state index in [4.69, 9.17) is 4.74 Å². The van der Waals surface area contributed by atoms with Crippen LogP contribution in [0.3, 0.4) is 0 Å². The highest BCUT2D eigenvalue weighted by Gasteiger charge is 2.39. The zero-order valence-electron chi connectivity index (χ0n) is 13.8. The Kier molecular flexibility index (Phi) is 5.68. The predicted octanol–water partition coefficient (Wildman–Crippen LogP) is 2.10. The minimum Gasteiger partial charge on any atom is -0.378 e. The number of rotatable bonds is 7. The molecule has 0 aromatic carbocycles. The first kappa shape index (κ1) is 17.2.